The average molecular weight is 883 g/mol. The van der Waals surface area contributed by atoms with Crippen molar-refractivity contribution in [1.82, 2.24) is 0 Å². The molecule has 0 aromatic rings. The number of esters is 3. The monoisotopic (exact) mass is 883 g/mol. The quantitative estimate of drug-likeness (QED) is 0.0200. The maximum atomic E-state index is 12.8. The number of rotatable bonds is 43. The molecule has 358 valence electrons. The van der Waals surface area contributed by atoms with Gasteiger partial charge in [0.2, 0.25) is 0 Å². The zero-order chi connectivity index (χ0) is 46.5. The van der Waals surface area contributed by atoms with Gasteiger partial charge in [0.05, 0.1) is 0 Å². The van der Waals surface area contributed by atoms with Crippen molar-refractivity contribution in [2.45, 2.75) is 200 Å². The van der Waals surface area contributed by atoms with Crippen LogP contribution in [0.3, 0.4) is 0 Å². The summed E-state index contributed by atoms with van der Waals surface area (Å²) >= 11 is 0. The maximum absolute atomic E-state index is 12.8. The molecule has 0 heterocycles. The molecule has 6 nitrogen and oxygen atoms in total. The molecule has 0 amide bonds. The third-order valence-electron chi connectivity index (χ3n) is 10.0. The fraction of sp³-hybridized carbons (Fsp3) is 0.569. The highest BCUT2D eigenvalue weighted by Gasteiger charge is 2.19. The number of hydrogen-bond acceptors (Lipinski definition) is 6. The zero-order valence-corrected chi connectivity index (χ0v) is 40.7. The number of carbonyl (C=O) groups is 3. The topological polar surface area (TPSA) is 78.9 Å². The van der Waals surface area contributed by atoms with Crippen LogP contribution in [0.15, 0.2) is 134 Å². The van der Waals surface area contributed by atoms with Gasteiger partial charge in [-0.1, -0.05) is 206 Å². The van der Waals surface area contributed by atoms with Crippen molar-refractivity contribution < 1.29 is 28.6 Å². The van der Waals surface area contributed by atoms with Crippen LogP contribution in [0.25, 0.3) is 0 Å². The van der Waals surface area contributed by atoms with E-state index in [0.29, 0.717) is 19.3 Å². The van der Waals surface area contributed by atoms with E-state index >= 15 is 0 Å². The van der Waals surface area contributed by atoms with E-state index in [2.05, 4.69) is 93.7 Å². The second-order valence-corrected chi connectivity index (χ2v) is 16.1. The number of allylic oxidation sites excluding steroid dienone is 22. The van der Waals surface area contributed by atoms with Crippen molar-refractivity contribution in [2.24, 2.45) is 0 Å². The Morgan fingerprint density at radius 1 is 0.344 bits per heavy atom. The second-order valence-electron chi connectivity index (χ2n) is 16.1. The Kier molecular flexibility index (Phi) is 47.6. The SMILES string of the molecule is CC\C=C/C=C\C=C/C=C\C=C\C=C/CCCCCC(=O)OCC(COC(=O)CCCCC/C=C\CCCCCCCC)OC(=O)CCCCC/C=C\C/C=C\C/C=C\C/C=C\CC. The molecule has 0 saturated heterocycles. The average Bonchev–Trinajstić information content (AvgIpc) is 3.29. The van der Waals surface area contributed by atoms with Crippen LogP contribution in [0.2, 0.25) is 0 Å². The van der Waals surface area contributed by atoms with Gasteiger partial charge >= 0.3 is 17.9 Å². The van der Waals surface area contributed by atoms with Crippen LogP contribution in [-0.4, -0.2) is 37.2 Å². The van der Waals surface area contributed by atoms with Crippen molar-refractivity contribution in [2.75, 3.05) is 13.2 Å². The van der Waals surface area contributed by atoms with E-state index in [1.807, 2.05) is 60.8 Å². The van der Waals surface area contributed by atoms with Crippen molar-refractivity contribution in [3.63, 3.8) is 0 Å². The lowest BCUT2D eigenvalue weighted by Gasteiger charge is -2.18. The first kappa shape index (κ1) is 59.5. The molecule has 0 bridgehead atoms. The second kappa shape index (κ2) is 51.2. The van der Waals surface area contributed by atoms with Crippen molar-refractivity contribution in [3.8, 4) is 0 Å². The van der Waals surface area contributed by atoms with E-state index in [0.717, 1.165) is 109 Å². The molecular formula is C58H90O6. The molecule has 0 aromatic heterocycles. The lowest BCUT2D eigenvalue weighted by Crippen LogP contribution is -2.30. The zero-order valence-electron chi connectivity index (χ0n) is 40.7. The first-order chi connectivity index (χ1) is 31.5. The molecule has 1 unspecified atom stereocenters. The molecule has 0 aromatic carbocycles. The summed E-state index contributed by atoms with van der Waals surface area (Å²) in [5.41, 5.74) is 0. The van der Waals surface area contributed by atoms with Gasteiger partial charge in [-0.3, -0.25) is 14.4 Å². The minimum Gasteiger partial charge on any atom is -0.462 e. The lowest BCUT2D eigenvalue weighted by atomic mass is 10.1. The number of unbranched alkanes of at least 4 members (excludes halogenated alkanes) is 15. The summed E-state index contributed by atoms with van der Waals surface area (Å²) in [4.78, 5) is 38.0. The van der Waals surface area contributed by atoms with Crippen LogP contribution >= 0.6 is 0 Å². The van der Waals surface area contributed by atoms with Crippen LogP contribution in [0.4, 0.5) is 0 Å². The third-order valence-corrected chi connectivity index (χ3v) is 10.0. The molecule has 0 radical (unpaired) electrons. The molecule has 1 atom stereocenters. The van der Waals surface area contributed by atoms with Crippen LogP contribution in [0.5, 0.6) is 0 Å². The number of hydrogen-bond donors (Lipinski definition) is 0. The predicted molar refractivity (Wildman–Crippen MR) is 274 cm³/mol. The van der Waals surface area contributed by atoms with Gasteiger partial charge in [0.1, 0.15) is 13.2 Å². The van der Waals surface area contributed by atoms with Crippen LogP contribution in [-0.2, 0) is 28.6 Å². The smallest absolute Gasteiger partial charge is 0.306 e. The van der Waals surface area contributed by atoms with Crippen LogP contribution < -0.4 is 0 Å². The highest BCUT2D eigenvalue weighted by Crippen LogP contribution is 2.12. The lowest BCUT2D eigenvalue weighted by molar-refractivity contribution is -0.167. The van der Waals surface area contributed by atoms with Crippen molar-refractivity contribution in [3.05, 3.63) is 134 Å². The van der Waals surface area contributed by atoms with Crippen LogP contribution in [0, 0.1) is 0 Å². The van der Waals surface area contributed by atoms with E-state index in [1.54, 1.807) is 0 Å². The minimum absolute atomic E-state index is 0.119. The molecule has 0 rings (SSSR count). The Balaban J connectivity index is 4.59. The Bertz CT molecular complexity index is 1430. The van der Waals surface area contributed by atoms with Gasteiger partial charge in [-0.15, -0.1) is 0 Å². The Labute approximate surface area is 392 Å². The molecule has 0 fully saturated rings. The summed E-state index contributed by atoms with van der Waals surface area (Å²) in [6.45, 7) is 6.26. The highest BCUT2D eigenvalue weighted by atomic mass is 16.6. The van der Waals surface area contributed by atoms with Gasteiger partial charge in [-0.05, 0) is 103 Å². The third kappa shape index (κ3) is 48.6. The van der Waals surface area contributed by atoms with E-state index in [4.69, 9.17) is 14.2 Å². The summed E-state index contributed by atoms with van der Waals surface area (Å²) in [5, 5.41) is 0. The first-order valence-corrected chi connectivity index (χ1v) is 25.3. The molecule has 0 aliphatic heterocycles. The Hall–Kier alpha value is -4.45. The Morgan fingerprint density at radius 3 is 1.16 bits per heavy atom. The summed E-state index contributed by atoms with van der Waals surface area (Å²) in [6, 6.07) is 0. The van der Waals surface area contributed by atoms with Gasteiger partial charge < -0.3 is 14.2 Å². The van der Waals surface area contributed by atoms with Gasteiger partial charge in [-0.25, -0.2) is 0 Å². The molecule has 64 heavy (non-hydrogen) atoms. The molecular weight excluding hydrogens is 793 g/mol. The van der Waals surface area contributed by atoms with E-state index < -0.39 is 6.10 Å². The maximum Gasteiger partial charge on any atom is 0.306 e. The van der Waals surface area contributed by atoms with Gasteiger partial charge in [0, 0.05) is 19.3 Å². The number of ether oxygens (including phenoxy) is 3. The summed E-state index contributed by atoms with van der Waals surface area (Å²) in [6.07, 6.45) is 71.4. The standard InChI is InChI=1S/C58H90O6/c1-4-7-10-13-16-19-22-25-27-29-31-33-36-39-42-45-48-51-57(60)63-54-55(53-62-56(59)50-47-44-41-38-35-32-24-21-18-15-12-9-6-3)64-58(61)52-49-46-43-40-37-34-30-28-26-23-20-17-14-11-8-5-2/h7-8,10-11,13,16-17,19-20,22,25-29,31-37,55H,4-6,9,12,14-15,18,21,23-24,30,38-54H2,1-3H3/b10-7-,11-8-,16-13-,20-17-,22-19-,27-25-,28-26-,31-29+,35-32-,36-33-,37-34-. The van der Waals surface area contributed by atoms with Gasteiger partial charge in [0.25, 0.3) is 0 Å². The summed E-state index contributed by atoms with van der Waals surface area (Å²) in [5.74, 6) is -1.02. The predicted octanol–water partition coefficient (Wildman–Crippen LogP) is 16.7. The Morgan fingerprint density at radius 2 is 0.688 bits per heavy atom. The van der Waals surface area contributed by atoms with E-state index in [9.17, 15) is 14.4 Å². The first-order valence-electron chi connectivity index (χ1n) is 25.3. The summed E-state index contributed by atoms with van der Waals surface area (Å²) < 4.78 is 16.7. The number of carbonyl (C=O) groups excluding carboxylic acids is 3. The molecule has 0 aliphatic carbocycles. The largest absolute Gasteiger partial charge is 0.462 e. The van der Waals surface area contributed by atoms with E-state index in [1.165, 1.54) is 38.5 Å². The minimum atomic E-state index is -0.824. The fourth-order valence-electron chi connectivity index (χ4n) is 6.28. The molecule has 0 N–H and O–H groups in total. The normalized spacial score (nSPS) is 13.2. The van der Waals surface area contributed by atoms with Crippen molar-refractivity contribution in [1.29, 1.82) is 0 Å². The van der Waals surface area contributed by atoms with E-state index in [-0.39, 0.29) is 37.5 Å². The molecule has 0 spiro atoms. The molecule has 0 saturated carbocycles. The molecule has 6 heteroatoms. The van der Waals surface area contributed by atoms with Gasteiger partial charge in [-0.2, -0.15) is 0 Å². The van der Waals surface area contributed by atoms with Crippen LogP contribution in [0.1, 0.15) is 194 Å². The summed E-state index contributed by atoms with van der Waals surface area (Å²) in [7, 11) is 0. The highest BCUT2D eigenvalue weighted by molar-refractivity contribution is 5.71. The fourth-order valence-corrected chi connectivity index (χ4v) is 6.28. The van der Waals surface area contributed by atoms with Crippen molar-refractivity contribution >= 4 is 17.9 Å². The molecule has 0 aliphatic rings. The van der Waals surface area contributed by atoms with Gasteiger partial charge in [0.15, 0.2) is 6.10 Å².